The Morgan fingerprint density at radius 3 is 2.58 bits per heavy atom. The van der Waals surface area contributed by atoms with Gasteiger partial charge in [0.1, 0.15) is 11.6 Å². The second-order valence-corrected chi connectivity index (χ2v) is 8.18. The number of carbonyl (C=O) groups is 2. The summed E-state index contributed by atoms with van der Waals surface area (Å²) in [5.74, 6) is -1.71. The summed E-state index contributed by atoms with van der Waals surface area (Å²) in [6, 6.07) is 3.76. The highest BCUT2D eigenvalue weighted by molar-refractivity contribution is 5.76. The van der Waals surface area contributed by atoms with Gasteiger partial charge in [0.05, 0.1) is 12.1 Å². The number of likely N-dealkylation sites (tertiary alicyclic amines) is 1. The molecule has 1 aromatic rings. The number of hydrogen-bond acceptors (Lipinski definition) is 4. The Bertz CT molecular complexity index is 916. The zero-order valence-corrected chi connectivity index (χ0v) is 18.0. The van der Waals surface area contributed by atoms with Gasteiger partial charge in [0.2, 0.25) is 0 Å². The van der Waals surface area contributed by atoms with Crippen molar-refractivity contribution < 1.29 is 31.9 Å². The number of rotatable bonds is 6. The van der Waals surface area contributed by atoms with Gasteiger partial charge in [-0.15, -0.1) is 13.2 Å². The largest absolute Gasteiger partial charge is 0.573 e. The topological polar surface area (TPSA) is 97.7 Å². The number of nitrogens with zero attached hydrogens (tertiary/aromatic N) is 3. The van der Waals surface area contributed by atoms with Crippen molar-refractivity contribution in [1.82, 2.24) is 20.4 Å². The number of halogens is 4. The summed E-state index contributed by atoms with van der Waals surface area (Å²) in [4.78, 5) is 28.4. The number of ether oxygens (including phenoxy) is 1. The van der Waals surface area contributed by atoms with E-state index in [1.54, 1.807) is 9.80 Å². The molecule has 2 atom stereocenters. The second-order valence-electron chi connectivity index (χ2n) is 8.18. The van der Waals surface area contributed by atoms with Gasteiger partial charge < -0.3 is 25.2 Å². The summed E-state index contributed by atoms with van der Waals surface area (Å²) in [6.07, 6.45) is -2.53. The molecule has 33 heavy (non-hydrogen) atoms. The molecule has 8 nitrogen and oxygen atoms in total. The molecule has 4 amide bonds. The molecule has 1 heterocycles. The molecule has 1 saturated heterocycles. The number of benzene rings is 1. The third-order valence-corrected chi connectivity index (χ3v) is 5.65. The fraction of sp³-hybridized carbons (Fsp3) is 0.571. The summed E-state index contributed by atoms with van der Waals surface area (Å²) < 4.78 is 54.8. The molecule has 2 aliphatic rings. The third kappa shape index (κ3) is 6.63. The standard InChI is InChI=1S/C21H25F4N5O3/c1-27-19(31)29-11-13(6-7-26)8-16(12-29)30(15-3-4-15)20(32)28-10-14-2-5-17(9-18(14)22)33-21(23,24)25/h2,5,9,13,15-16H,3-4,6,8,10-12H2,1H3,(H,27,31)(H,28,32)/t13-,16-/m1/s1. The quantitative estimate of drug-likeness (QED) is 0.622. The van der Waals surface area contributed by atoms with Crippen molar-refractivity contribution in [3.05, 3.63) is 29.6 Å². The van der Waals surface area contributed by atoms with Crippen LogP contribution in [0.1, 0.15) is 31.2 Å². The minimum atomic E-state index is -4.93. The number of nitriles is 1. The normalized spacial score (nSPS) is 20.5. The predicted octanol–water partition coefficient (Wildman–Crippen LogP) is 3.34. The van der Waals surface area contributed by atoms with E-state index in [-0.39, 0.29) is 42.6 Å². The fourth-order valence-electron chi connectivity index (χ4n) is 4.09. The highest BCUT2D eigenvalue weighted by Gasteiger charge is 2.41. The van der Waals surface area contributed by atoms with Crippen molar-refractivity contribution >= 4 is 12.1 Å². The maximum absolute atomic E-state index is 14.2. The minimum absolute atomic E-state index is 0.00612. The Hall–Kier alpha value is -3.23. The first-order valence-electron chi connectivity index (χ1n) is 10.5. The van der Waals surface area contributed by atoms with Crippen LogP contribution in [0.3, 0.4) is 0 Å². The molecule has 0 aromatic heterocycles. The van der Waals surface area contributed by atoms with E-state index in [0.29, 0.717) is 25.6 Å². The van der Waals surface area contributed by atoms with Gasteiger partial charge >= 0.3 is 18.4 Å². The van der Waals surface area contributed by atoms with Crippen LogP contribution in [0.25, 0.3) is 0 Å². The molecular weight excluding hydrogens is 446 g/mol. The Kier molecular flexibility index (Phi) is 7.50. The number of hydrogen-bond donors (Lipinski definition) is 2. The first kappa shape index (κ1) is 24.4. The van der Waals surface area contributed by atoms with E-state index >= 15 is 0 Å². The number of alkyl halides is 3. The molecule has 3 rings (SSSR count). The maximum Gasteiger partial charge on any atom is 0.573 e. The second kappa shape index (κ2) is 10.1. The maximum atomic E-state index is 14.2. The molecule has 2 N–H and O–H groups in total. The van der Waals surface area contributed by atoms with E-state index < -0.39 is 24.0 Å². The highest BCUT2D eigenvalue weighted by atomic mass is 19.4. The summed E-state index contributed by atoms with van der Waals surface area (Å²) in [6.45, 7) is 0.498. The predicted molar refractivity (Wildman–Crippen MR) is 108 cm³/mol. The lowest BCUT2D eigenvalue weighted by Gasteiger charge is -2.42. The number of carbonyl (C=O) groups excluding carboxylic acids is 2. The van der Waals surface area contributed by atoms with Crippen LogP contribution in [0, 0.1) is 23.1 Å². The Balaban J connectivity index is 1.68. The molecule has 1 aliphatic carbocycles. The molecule has 180 valence electrons. The van der Waals surface area contributed by atoms with Crippen molar-refractivity contribution in [2.24, 2.45) is 5.92 Å². The molecule has 0 unspecified atom stereocenters. The first-order chi connectivity index (χ1) is 15.6. The van der Waals surface area contributed by atoms with Crippen LogP contribution >= 0.6 is 0 Å². The van der Waals surface area contributed by atoms with Crippen LogP contribution in [0.5, 0.6) is 5.75 Å². The van der Waals surface area contributed by atoms with Gasteiger partial charge in [-0.1, -0.05) is 6.07 Å². The van der Waals surface area contributed by atoms with Crippen LogP contribution < -0.4 is 15.4 Å². The Morgan fingerprint density at radius 2 is 2.00 bits per heavy atom. The lowest BCUT2D eigenvalue weighted by Crippen LogP contribution is -2.58. The number of urea groups is 2. The van der Waals surface area contributed by atoms with Gasteiger partial charge in [0.15, 0.2) is 0 Å². The first-order valence-corrected chi connectivity index (χ1v) is 10.5. The smallest absolute Gasteiger partial charge is 0.406 e. The Morgan fingerprint density at radius 1 is 1.27 bits per heavy atom. The zero-order chi connectivity index (χ0) is 24.2. The van der Waals surface area contributed by atoms with Crippen LogP contribution in [0.2, 0.25) is 0 Å². The molecular formula is C21H25F4N5O3. The molecule has 1 aliphatic heterocycles. The van der Waals surface area contributed by atoms with Gasteiger partial charge in [0.25, 0.3) is 0 Å². The lowest BCUT2D eigenvalue weighted by atomic mass is 9.91. The number of amides is 4. The summed E-state index contributed by atoms with van der Waals surface area (Å²) in [5, 5.41) is 14.3. The van der Waals surface area contributed by atoms with Crippen LogP contribution in [-0.4, -0.2) is 60.4 Å². The number of nitrogens with one attached hydrogen (secondary N) is 2. The van der Waals surface area contributed by atoms with E-state index in [2.05, 4.69) is 21.4 Å². The molecule has 12 heteroatoms. The van der Waals surface area contributed by atoms with Crippen molar-refractivity contribution in [1.29, 1.82) is 5.26 Å². The molecule has 1 saturated carbocycles. The van der Waals surface area contributed by atoms with E-state index in [1.165, 1.54) is 7.05 Å². The molecule has 0 radical (unpaired) electrons. The Labute approximate surface area is 188 Å². The SMILES string of the molecule is CNC(=O)N1C[C@H](CC#N)C[C@@H](N(C(=O)NCc2ccc(OC(F)(F)F)cc2F)C2CC2)C1. The van der Waals surface area contributed by atoms with E-state index in [9.17, 15) is 27.2 Å². The van der Waals surface area contributed by atoms with Gasteiger partial charge in [-0.2, -0.15) is 5.26 Å². The molecule has 2 fully saturated rings. The minimum Gasteiger partial charge on any atom is -0.406 e. The van der Waals surface area contributed by atoms with Crippen molar-refractivity contribution in [2.75, 3.05) is 20.1 Å². The molecule has 0 spiro atoms. The monoisotopic (exact) mass is 471 g/mol. The van der Waals surface area contributed by atoms with Gasteiger partial charge in [-0.25, -0.2) is 14.0 Å². The summed E-state index contributed by atoms with van der Waals surface area (Å²) in [7, 11) is 1.51. The number of piperidine rings is 1. The lowest BCUT2D eigenvalue weighted by molar-refractivity contribution is -0.274. The summed E-state index contributed by atoms with van der Waals surface area (Å²) >= 11 is 0. The summed E-state index contributed by atoms with van der Waals surface area (Å²) in [5.41, 5.74) is 0.00612. The molecule has 1 aromatic carbocycles. The zero-order valence-electron chi connectivity index (χ0n) is 18.0. The van der Waals surface area contributed by atoms with Crippen LogP contribution in [0.4, 0.5) is 27.2 Å². The van der Waals surface area contributed by atoms with Crippen molar-refractivity contribution in [2.45, 2.75) is 50.7 Å². The van der Waals surface area contributed by atoms with Crippen molar-refractivity contribution in [3.63, 3.8) is 0 Å². The van der Waals surface area contributed by atoms with Crippen molar-refractivity contribution in [3.8, 4) is 11.8 Å². The van der Waals surface area contributed by atoms with E-state index in [4.69, 9.17) is 5.26 Å². The highest BCUT2D eigenvalue weighted by Crippen LogP contribution is 2.33. The molecule has 0 bridgehead atoms. The average molecular weight is 471 g/mol. The van der Waals surface area contributed by atoms with Gasteiger partial charge in [0, 0.05) is 50.8 Å². The third-order valence-electron chi connectivity index (χ3n) is 5.65. The van der Waals surface area contributed by atoms with E-state index in [0.717, 1.165) is 25.0 Å². The average Bonchev–Trinajstić information content (AvgIpc) is 3.56. The van der Waals surface area contributed by atoms with Gasteiger partial charge in [-0.3, -0.25) is 0 Å². The van der Waals surface area contributed by atoms with E-state index in [1.807, 2.05) is 0 Å². The van der Waals surface area contributed by atoms with Crippen LogP contribution in [0.15, 0.2) is 18.2 Å². The van der Waals surface area contributed by atoms with Crippen LogP contribution in [-0.2, 0) is 6.54 Å². The van der Waals surface area contributed by atoms with Gasteiger partial charge in [-0.05, 0) is 31.2 Å². The fourth-order valence-corrected chi connectivity index (χ4v) is 4.09.